The van der Waals surface area contributed by atoms with Gasteiger partial charge in [0.25, 0.3) is 0 Å². The van der Waals surface area contributed by atoms with Crippen LogP contribution in [0.1, 0.15) is 0 Å². The summed E-state index contributed by atoms with van der Waals surface area (Å²) in [5, 5.41) is 11.2. The molecule has 0 saturated heterocycles. The zero-order valence-electron chi connectivity index (χ0n) is 15.9. The van der Waals surface area contributed by atoms with E-state index in [-0.39, 0.29) is 23.0 Å². The van der Waals surface area contributed by atoms with Crippen molar-refractivity contribution in [1.29, 1.82) is 0 Å². The van der Waals surface area contributed by atoms with E-state index >= 15 is 0 Å². The molecule has 0 fully saturated rings. The van der Waals surface area contributed by atoms with Crippen molar-refractivity contribution in [3.05, 3.63) is 90.2 Å². The molecule has 1 amide bonds. The van der Waals surface area contributed by atoms with Crippen molar-refractivity contribution in [2.45, 2.75) is 5.16 Å². The molecular formula is C22H15F3N4OS. The summed E-state index contributed by atoms with van der Waals surface area (Å²) in [5.74, 6) is -1.43. The second-order valence-electron chi connectivity index (χ2n) is 6.44. The van der Waals surface area contributed by atoms with E-state index in [9.17, 15) is 18.0 Å². The molecule has 0 bridgehead atoms. The minimum absolute atomic E-state index is 0.0199. The van der Waals surface area contributed by atoms with Crippen molar-refractivity contribution < 1.29 is 18.0 Å². The molecule has 0 spiro atoms. The highest BCUT2D eigenvalue weighted by Crippen LogP contribution is 2.29. The minimum Gasteiger partial charge on any atom is -0.325 e. The summed E-state index contributed by atoms with van der Waals surface area (Å²) < 4.78 is 42.4. The molecule has 4 rings (SSSR count). The number of rotatable bonds is 6. The maximum Gasteiger partial charge on any atom is 0.234 e. The molecule has 3 aromatic carbocycles. The average molecular weight is 440 g/mol. The lowest BCUT2D eigenvalue weighted by molar-refractivity contribution is -0.113. The van der Waals surface area contributed by atoms with Gasteiger partial charge in [-0.1, -0.05) is 23.9 Å². The lowest BCUT2D eigenvalue weighted by Gasteiger charge is -2.11. The van der Waals surface area contributed by atoms with Crippen LogP contribution in [-0.4, -0.2) is 26.4 Å². The zero-order valence-corrected chi connectivity index (χ0v) is 16.7. The molecule has 9 heteroatoms. The summed E-state index contributed by atoms with van der Waals surface area (Å²) >= 11 is 1.08. The predicted octanol–water partition coefficient (Wildman–Crippen LogP) is 5.08. The first kappa shape index (κ1) is 20.7. The lowest BCUT2D eigenvalue weighted by atomic mass is 10.2. The molecule has 1 N–H and O–H groups in total. The summed E-state index contributed by atoms with van der Waals surface area (Å²) in [4.78, 5) is 12.3. The van der Waals surface area contributed by atoms with E-state index in [2.05, 4.69) is 15.5 Å². The molecule has 0 atom stereocenters. The standard InChI is InChI=1S/C22H15F3N4OS/c23-14-5-9-16(10-6-14)26-20(30)13-31-22-28-27-21(18-3-1-2-4-19(18)25)29(22)17-11-7-15(24)8-12-17/h1-12H,13H2,(H,26,30). The van der Waals surface area contributed by atoms with Gasteiger partial charge in [-0.2, -0.15) is 0 Å². The number of hydrogen-bond acceptors (Lipinski definition) is 4. The van der Waals surface area contributed by atoms with Gasteiger partial charge in [0.1, 0.15) is 17.5 Å². The lowest BCUT2D eigenvalue weighted by Crippen LogP contribution is -2.14. The fourth-order valence-electron chi connectivity index (χ4n) is 2.86. The van der Waals surface area contributed by atoms with Crippen LogP contribution < -0.4 is 5.32 Å². The van der Waals surface area contributed by atoms with Crippen molar-refractivity contribution in [2.24, 2.45) is 0 Å². The monoisotopic (exact) mass is 440 g/mol. The van der Waals surface area contributed by atoms with E-state index in [1.165, 1.54) is 54.6 Å². The highest BCUT2D eigenvalue weighted by Gasteiger charge is 2.19. The Kier molecular flexibility index (Phi) is 6.03. The van der Waals surface area contributed by atoms with E-state index in [0.717, 1.165) is 11.8 Å². The first-order valence-electron chi connectivity index (χ1n) is 9.16. The second kappa shape index (κ2) is 9.05. The molecule has 4 aromatic rings. The predicted molar refractivity (Wildman–Crippen MR) is 112 cm³/mol. The summed E-state index contributed by atoms with van der Waals surface area (Å²) in [6.45, 7) is 0. The van der Waals surface area contributed by atoms with Crippen molar-refractivity contribution in [3.8, 4) is 17.1 Å². The maximum absolute atomic E-state index is 14.4. The molecule has 0 unspecified atom stereocenters. The molecule has 0 aliphatic carbocycles. The quantitative estimate of drug-likeness (QED) is 0.425. The normalized spacial score (nSPS) is 10.8. The van der Waals surface area contributed by atoms with Gasteiger partial charge in [-0.15, -0.1) is 10.2 Å². The van der Waals surface area contributed by atoms with E-state index in [4.69, 9.17) is 0 Å². The van der Waals surface area contributed by atoms with Crippen LogP contribution in [0.4, 0.5) is 18.9 Å². The summed E-state index contributed by atoms with van der Waals surface area (Å²) in [5.41, 5.74) is 1.20. The molecule has 0 aliphatic heterocycles. The fraction of sp³-hybridized carbons (Fsp3) is 0.0455. The number of thioether (sulfide) groups is 1. The molecule has 1 heterocycles. The molecule has 0 aliphatic rings. The molecular weight excluding hydrogens is 425 g/mol. The maximum atomic E-state index is 14.4. The van der Waals surface area contributed by atoms with E-state index in [1.54, 1.807) is 22.8 Å². The highest BCUT2D eigenvalue weighted by molar-refractivity contribution is 7.99. The topological polar surface area (TPSA) is 59.8 Å². The van der Waals surface area contributed by atoms with E-state index in [1.807, 2.05) is 0 Å². The highest BCUT2D eigenvalue weighted by atomic mass is 32.2. The average Bonchev–Trinajstić information content (AvgIpc) is 3.18. The van der Waals surface area contributed by atoms with Gasteiger partial charge in [0.2, 0.25) is 5.91 Å². The SMILES string of the molecule is O=C(CSc1nnc(-c2ccccc2F)n1-c1ccc(F)cc1)Nc1ccc(F)cc1. The third-order valence-corrected chi connectivity index (χ3v) is 5.22. The fourth-order valence-corrected chi connectivity index (χ4v) is 3.62. The first-order valence-corrected chi connectivity index (χ1v) is 10.1. The number of amides is 1. The smallest absolute Gasteiger partial charge is 0.234 e. The Balaban J connectivity index is 1.61. The van der Waals surface area contributed by atoms with Crippen molar-refractivity contribution in [1.82, 2.24) is 14.8 Å². The van der Waals surface area contributed by atoms with Crippen LogP contribution in [0.2, 0.25) is 0 Å². The van der Waals surface area contributed by atoms with Crippen LogP contribution in [-0.2, 0) is 4.79 Å². The zero-order chi connectivity index (χ0) is 21.8. The number of carbonyl (C=O) groups is 1. The van der Waals surface area contributed by atoms with Gasteiger partial charge in [0.15, 0.2) is 11.0 Å². The number of aromatic nitrogens is 3. The molecule has 5 nitrogen and oxygen atoms in total. The van der Waals surface area contributed by atoms with Gasteiger partial charge < -0.3 is 5.32 Å². The number of hydrogen-bond donors (Lipinski definition) is 1. The Morgan fingerprint density at radius 2 is 1.52 bits per heavy atom. The minimum atomic E-state index is -0.483. The number of nitrogens with zero attached hydrogens (tertiary/aromatic N) is 3. The summed E-state index contributed by atoms with van der Waals surface area (Å²) in [7, 11) is 0. The van der Waals surface area contributed by atoms with Gasteiger partial charge in [-0.25, -0.2) is 13.2 Å². The summed E-state index contributed by atoms with van der Waals surface area (Å²) in [6.07, 6.45) is 0. The molecule has 1 aromatic heterocycles. The van der Waals surface area contributed by atoms with Gasteiger partial charge in [0.05, 0.1) is 11.3 Å². The molecule has 0 saturated carbocycles. The Hall–Kier alpha value is -3.59. The van der Waals surface area contributed by atoms with Crippen molar-refractivity contribution in [2.75, 3.05) is 11.1 Å². The van der Waals surface area contributed by atoms with Crippen LogP contribution in [0.25, 0.3) is 17.1 Å². The Labute approximate surface area is 179 Å². The van der Waals surface area contributed by atoms with Crippen LogP contribution in [0.5, 0.6) is 0 Å². The number of benzene rings is 3. The van der Waals surface area contributed by atoms with E-state index in [0.29, 0.717) is 16.5 Å². The van der Waals surface area contributed by atoms with Crippen LogP contribution in [0.3, 0.4) is 0 Å². The Morgan fingerprint density at radius 1 is 0.871 bits per heavy atom. The van der Waals surface area contributed by atoms with Crippen molar-refractivity contribution in [3.63, 3.8) is 0 Å². The van der Waals surface area contributed by atoms with Crippen LogP contribution in [0.15, 0.2) is 78.0 Å². The number of carbonyl (C=O) groups excluding carboxylic acids is 1. The third kappa shape index (κ3) is 4.77. The molecule has 31 heavy (non-hydrogen) atoms. The number of nitrogens with one attached hydrogen (secondary N) is 1. The largest absolute Gasteiger partial charge is 0.325 e. The Bertz CT molecular complexity index is 1210. The van der Waals surface area contributed by atoms with Gasteiger partial charge in [-0.3, -0.25) is 9.36 Å². The van der Waals surface area contributed by atoms with E-state index < -0.39 is 17.5 Å². The van der Waals surface area contributed by atoms with Crippen LogP contribution >= 0.6 is 11.8 Å². The first-order chi connectivity index (χ1) is 15.0. The summed E-state index contributed by atoms with van der Waals surface area (Å²) in [6, 6.07) is 17.1. The van der Waals surface area contributed by atoms with Gasteiger partial charge in [-0.05, 0) is 60.7 Å². The third-order valence-electron chi connectivity index (χ3n) is 4.29. The van der Waals surface area contributed by atoms with Gasteiger partial charge >= 0.3 is 0 Å². The van der Waals surface area contributed by atoms with Crippen molar-refractivity contribution >= 4 is 23.4 Å². The molecule has 0 radical (unpaired) electrons. The molecule has 156 valence electrons. The second-order valence-corrected chi connectivity index (χ2v) is 7.38. The van der Waals surface area contributed by atoms with Gasteiger partial charge in [0, 0.05) is 11.4 Å². The number of anilines is 1. The Morgan fingerprint density at radius 3 is 2.19 bits per heavy atom. The van der Waals surface area contributed by atoms with Crippen LogP contribution in [0, 0.1) is 17.5 Å². The number of halogens is 3.